The van der Waals surface area contributed by atoms with E-state index in [1.54, 1.807) is 19.0 Å². The largest absolute Gasteiger partial charge is 0.349 e. The van der Waals surface area contributed by atoms with Gasteiger partial charge in [0.25, 0.3) is 0 Å². The number of amides is 2. The van der Waals surface area contributed by atoms with E-state index in [4.69, 9.17) is 0 Å². The van der Waals surface area contributed by atoms with Crippen molar-refractivity contribution in [3.63, 3.8) is 0 Å². The average Bonchev–Trinajstić information content (AvgIpc) is 3.00. The molecule has 5 nitrogen and oxygen atoms in total. The Kier molecular flexibility index (Phi) is 8.06. The van der Waals surface area contributed by atoms with E-state index in [-0.39, 0.29) is 24.2 Å². The molecule has 0 aliphatic carbocycles. The summed E-state index contributed by atoms with van der Waals surface area (Å²) in [5, 5.41) is 6.30. The Bertz CT molecular complexity index is 511. The fraction of sp³-hybridized carbons (Fsp3) is 0.529. The number of nitrogens with zero attached hydrogens (tertiary/aromatic N) is 1. The number of nitrogens with one attached hydrogen (secondary N) is 2. The molecule has 0 bridgehead atoms. The van der Waals surface area contributed by atoms with Gasteiger partial charge in [-0.05, 0) is 43.5 Å². The molecule has 2 rings (SSSR count). The molecule has 1 saturated heterocycles. The van der Waals surface area contributed by atoms with Gasteiger partial charge in [0.05, 0.1) is 6.42 Å². The first-order chi connectivity index (χ1) is 10.5. The van der Waals surface area contributed by atoms with E-state index in [0.29, 0.717) is 18.9 Å². The number of halogens is 1. The quantitative estimate of drug-likeness (QED) is 0.835. The van der Waals surface area contributed by atoms with Crippen LogP contribution in [0.2, 0.25) is 0 Å². The van der Waals surface area contributed by atoms with Crippen molar-refractivity contribution in [1.29, 1.82) is 0 Å². The lowest BCUT2D eigenvalue weighted by molar-refractivity contribution is -0.128. The molecule has 1 unspecified atom stereocenters. The van der Waals surface area contributed by atoms with E-state index in [1.165, 1.54) is 12.8 Å². The van der Waals surface area contributed by atoms with Crippen molar-refractivity contribution < 1.29 is 9.59 Å². The Labute approximate surface area is 144 Å². The van der Waals surface area contributed by atoms with Crippen LogP contribution < -0.4 is 10.6 Å². The maximum Gasteiger partial charge on any atom is 0.226 e. The summed E-state index contributed by atoms with van der Waals surface area (Å²) >= 11 is 0. The standard InChI is InChI=1S/C17H25N3O2.ClH/c1-20(2)17(22)12-13-5-7-15(8-6-13)19-16(21)10-9-14-4-3-11-18-14;/h5-8,14,18H,3-4,9-12H2,1-2H3,(H,19,21);1H. The lowest BCUT2D eigenvalue weighted by Crippen LogP contribution is -2.24. The van der Waals surface area contributed by atoms with Crippen LogP contribution in [0.4, 0.5) is 5.69 Å². The van der Waals surface area contributed by atoms with Gasteiger partial charge >= 0.3 is 0 Å². The molecule has 128 valence electrons. The smallest absolute Gasteiger partial charge is 0.226 e. The first-order valence-corrected chi connectivity index (χ1v) is 7.87. The third-order valence-electron chi connectivity index (χ3n) is 3.97. The molecule has 1 aliphatic heterocycles. The van der Waals surface area contributed by atoms with Crippen molar-refractivity contribution in [2.45, 2.75) is 38.1 Å². The summed E-state index contributed by atoms with van der Waals surface area (Å²) in [5.41, 5.74) is 1.73. The molecule has 1 fully saturated rings. The highest BCUT2D eigenvalue weighted by atomic mass is 35.5. The minimum Gasteiger partial charge on any atom is -0.349 e. The first kappa shape index (κ1) is 19.5. The molecule has 1 aromatic rings. The number of rotatable bonds is 6. The highest BCUT2D eigenvalue weighted by Gasteiger charge is 2.15. The topological polar surface area (TPSA) is 61.4 Å². The number of hydrogen-bond acceptors (Lipinski definition) is 3. The molecule has 0 saturated carbocycles. The Hall–Kier alpha value is -1.59. The van der Waals surface area contributed by atoms with Crippen LogP contribution in [0, 0.1) is 0 Å². The predicted molar refractivity (Wildman–Crippen MR) is 95.0 cm³/mol. The van der Waals surface area contributed by atoms with Crippen LogP contribution in [0.15, 0.2) is 24.3 Å². The summed E-state index contributed by atoms with van der Waals surface area (Å²) in [6, 6.07) is 7.96. The average molecular weight is 340 g/mol. The second-order valence-electron chi connectivity index (χ2n) is 6.04. The van der Waals surface area contributed by atoms with Crippen molar-refractivity contribution in [1.82, 2.24) is 10.2 Å². The molecule has 1 aromatic carbocycles. The number of likely N-dealkylation sites (N-methyl/N-ethyl adjacent to an activating group) is 1. The Morgan fingerprint density at radius 2 is 1.96 bits per heavy atom. The van der Waals surface area contributed by atoms with E-state index in [2.05, 4.69) is 10.6 Å². The van der Waals surface area contributed by atoms with E-state index >= 15 is 0 Å². The van der Waals surface area contributed by atoms with Crippen molar-refractivity contribution in [3.8, 4) is 0 Å². The van der Waals surface area contributed by atoms with Crippen LogP contribution in [0.1, 0.15) is 31.2 Å². The van der Waals surface area contributed by atoms with Crippen molar-refractivity contribution >= 4 is 29.9 Å². The van der Waals surface area contributed by atoms with Gasteiger partial charge in [-0.3, -0.25) is 9.59 Å². The fourth-order valence-electron chi connectivity index (χ4n) is 2.57. The predicted octanol–water partition coefficient (Wildman–Crippen LogP) is 2.21. The molecule has 0 spiro atoms. The SMILES string of the molecule is CN(C)C(=O)Cc1ccc(NC(=O)CCC2CCCN2)cc1.Cl. The maximum absolute atomic E-state index is 11.9. The molecular weight excluding hydrogens is 314 g/mol. The highest BCUT2D eigenvalue weighted by molar-refractivity contribution is 5.90. The Morgan fingerprint density at radius 3 is 2.52 bits per heavy atom. The summed E-state index contributed by atoms with van der Waals surface area (Å²) in [6.07, 6.45) is 4.19. The number of benzene rings is 1. The van der Waals surface area contributed by atoms with Gasteiger partial charge in [0.2, 0.25) is 11.8 Å². The van der Waals surface area contributed by atoms with Gasteiger partial charge in [-0.1, -0.05) is 12.1 Å². The van der Waals surface area contributed by atoms with Crippen molar-refractivity contribution in [2.75, 3.05) is 26.0 Å². The van der Waals surface area contributed by atoms with Crippen LogP contribution in [0.5, 0.6) is 0 Å². The zero-order valence-corrected chi connectivity index (χ0v) is 14.6. The van der Waals surface area contributed by atoms with Crippen molar-refractivity contribution in [2.24, 2.45) is 0 Å². The molecule has 23 heavy (non-hydrogen) atoms. The second-order valence-corrected chi connectivity index (χ2v) is 6.04. The maximum atomic E-state index is 11.9. The number of hydrogen-bond donors (Lipinski definition) is 2. The van der Waals surface area contributed by atoms with E-state index in [1.807, 2.05) is 24.3 Å². The van der Waals surface area contributed by atoms with E-state index in [9.17, 15) is 9.59 Å². The monoisotopic (exact) mass is 339 g/mol. The molecule has 1 heterocycles. The number of anilines is 1. The van der Waals surface area contributed by atoms with Gasteiger partial charge in [-0.25, -0.2) is 0 Å². The van der Waals surface area contributed by atoms with Crippen LogP contribution in [-0.2, 0) is 16.0 Å². The minimum absolute atomic E-state index is 0. The molecule has 6 heteroatoms. The van der Waals surface area contributed by atoms with Crippen LogP contribution in [-0.4, -0.2) is 43.4 Å². The summed E-state index contributed by atoms with van der Waals surface area (Å²) in [5.74, 6) is 0.117. The second kappa shape index (κ2) is 9.53. The van der Waals surface area contributed by atoms with Crippen molar-refractivity contribution in [3.05, 3.63) is 29.8 Å². The third-order valence-corrected chi connectivity index (χ3v) is 3.97. The molecule has 1 aliphatic rings. The Morgan fingerprint density at radius 1 is 1.26 bits per heavy atom. The van der Waals surface area contributed by atoms with E-state index < -0.39 is 0 Å². The lowest BCUT2D eigenvalue weighted by Gasteiger charge is -2.11. The highest BCUT2D eigenvalue weighted by Crippen LogP contribution is 2.14. The van der Waals surface area contributed by atoms with Gasteiger partial charge in [0.15, 0.2) is 0 Å². The summed E-state index contributed by atoms with van der Waals surface area (Å²) in [4.78, 5) is 25.1. The molecule has 0 radical (unpaired) electrons. The Balaban J connectivity index is 0.00000264. The molecular formula is C17H26ClN3O2. The summed E-state index contributed by atoms with van der Waals surface area (Å²) in [6.45, 7) is 1.07. The molecule has 2 amide bonds. The minimum atomic E-state index is 0. The summed E-state index contributed by atoms with van der Waals surface area (Å²) < 4.78 is 0. The fourth-order valence-corrected chi connectivity index (χ4v) is 2.57. The van der Waals surface area contributed by atoms with E-state index in [0.717, 1.165) is 24.2 Å². The summed E-state index contributed by atoms with van der Waals surface area (Å²) in [7, 11) is 3.49. The zero-order valence-electron chi connectivity index (χ0n) is 13.8. The van der Waals surface area contributed by atoms with Gasteiger partial charge < -0.3 is 15.5 Å². The molecule has 0 aromatic heterocycles. The number of carbonyl (C=O) groups is 2. The molecule has 2 N–H and O–H groups in total. The lowest BCUT2D eigenvalue weighted by atomic mass is 10.1. The van der Waals surface area contributed by atoms with Gasteiger partial charge in [0.1, 0.15) is 0 Å². The third kappa shape index (κ3) is 6.59. The van der Waals surface area contributed by atoms with Crippen LogP contribution >= 0.6 is 12.4 Å². The van der Waals surface area contributed by atoms with Crippen LogP contribution in [0.3, 0.4) is 0 Å². The van der Waals surface area contributed by atoms with Gasteiger partial charge in [0, 0.05) is 32.2 Å². The first-order valence-electron chi connectivity index (χ1n) is 7.87. The molecule has 1 atom stereocenters. The number of carbonyl (C=O) groups excluding carboxylic acids is 2. The van der Waals surface area contributed by atoms with Gasteiger partial charge in [-0.2, -0.15) is 0 Å². The van der Waals surface area contributed by atoms with Crippen LogP contribution in [0.25, 0.3) is 0 Å². The normalized spacial score (nSPS) is 16.5. The zero-order chi connectivity index (χ0) is 15.9. The van der Waals surface area contributed by atoms with Gasteiger partial charge in [-0.15, -0.1) is 12.4 Å².